The molecule has 60 heavy (non-hydrogen) atoms. The van der Waals surface area contributed by atoms with Gasteiger partial charge in [0.2, 0.25) is 0 Å². The minimum atomic E-state index is -0.237. The first kappa shape index (κ1) is 37.3. The third kappa shape index (κ3) is 5.23. The molecule has 4 heterocycles. The van der Waals surface area contributed by atoms with Crippen LogP contribution in [0.2, 0.25) is 0 Å². The van der Waals surface area contributed by atoms with Crippen LogP contribution in [0, 0.1) is 6.92 Å². The highest BCUT2D eigenvalue weighted by Crippen LogP contribution is 2.55. The van der Waals surface area contributed by atoms with E-state index in [2.05, 4.69) is 195 Å². The molecule has 0 bridgehead atoms. The molecule has 0 fully saturated rings. The second kappa shape index (κ2) is 12.2. The number of benzene rings is 6. The maximum absolute atomic E-state index is 7.30. The molecule has 2 aliphatic heterocycles. The Labute approximate surface area is 355 Å². The standard InChI is InChI=1S/C55H55BN2O2/c1-32-28-39-40(55(10,11)27-26-54(39,8)9)31-42(32)57-43-30-34(53(5,6)7)29-38-47-41(24-25-46-48(47)36-16-12-14-18-44(36)59-46)58(35-22-20-33(21-23-35)52(2,3)4)56(49(38)43)51-50(57)37-17-13-15-19-45(37)60-51/h12-25,28-31H,26-27H2,1-11H3. The third-order valence-electron chi connectivity index (χ3n) is 14.3. The first-order valence-corrected chi connectivity index (χ1v) is 21.9. The zero-order chi connectivity index (χ0) is 41.8. The van der Waals surface area contributed by atoms with E-state index in [1.54, 1.807) is 0 Å². The van der Waals surface area contributed by atoms with Crippen molar-refractivity contribution in [3.05, 3.63) is 137 Å². The maximum atomic E-state index is 7.30. The fraction of sp³-hybridized carbons (Fsp3) is 0.309. The number of para-hydroxylation sites is 2. The monoisotopic (exact) mass is 786 g/mol. The molecule has 0 amide bonds. The predicted molar refractivity (Wildman–Crippen MR) is 255 cm³/mol. The van der Waals surface area contributed by atoms with Crippen LogP contribution < -0.4 is 20.8 Å². The molecule has 0 saturated heterocycles. The Morgan fingerprint density at radius 1 is 0.583 bits per heavy atom. The molecular weight excluding hydrogens is 731 g/mol. The van der Waals surface area contributed by atoms with Crippen molar-refractivity contribution in [3.8, 4) is 11.1 Å². The summed E-state index contributed by atoms with van der Waals surface area (Å²) in [6, 6.07) is 41.0. The number of hydrogen-bond donors (Lipinski definition) is 0. The van der Waals surface area contributed by atoms with Crippen LogP contribution in [0.25, 0.3) is 44.0 Å². The number of furan rings is 2. The molecule has 5 heteroatoms. The Kier molecular flexibility index (Phi) is 7.60. The van der Waals surface area contributed by atoms with Gasteiger partial charge in [-0.1, -0.05) is 124 Å². The molecule has 8 aromatic rings. The van der Waals surface area contributed by atoms with Crippen LogP contribution in [0.1, 0.15) is 110 Å². The highest BCUT2D eigenvalue weighted by molar-refractivity contribution is 6.93. The molecule has 0 unspecified atom stereocenters. The number of hydrogen-bond acceptors (Lipinski definition) is 4. The highest BCUT2D eigenvalue weighted by Gasteiger charge is 2.50. The Balaban J connectivity index is 1.31. The van der Waals surface area contributed by atoms with Gasteiger partial charge in [0.25, 0.3) is 0 Å². The summed E-state index contributed by atoms with van der Waals surface area (Å²) in [5, 5.41) is 3.41. The number of fused-ring (bicyclic) bond motifs is 11. The van der Waals surface area contributed by atoms with E-state index in [-0.39, 0.29) is 28.5 Å². The van der Waals surface area contributed by atoms with Crippen molar-refractivity contribution in [1.82, 2.24) is 0 Å². The minimum Gasteiger partial charge on any atom is -0.466 e. The van der Waals surface area contributed by atoms with Crippen LogP contribution in [0.3, 0.4) is 0 Å². The van der Waals surface area contributed by atoms with Gasteiger partial charge in [0.05, 0.1) is 5.69 Å². The minimum absolute atomic E-state index is 0.0249. The normalized spacial score (nSPS) is 16.6. The van der Waals surface area contributed by atoms with Gasteiger partial charge in [0.15, 0.2) is 0 Å². The number of anilines is 5. The van der Waals surface area contributed by atoms with Gasteiger partial charge >= 0.3 is 6.85 Å². The van der Waals surface area contributed by atoms with Crippen LogP contribution in [0.15, 0.2) is 118 Å². The summed E-state index contributed by atoms with van der Waals surface area (Å²) in [6.45, 7) is 25.7. The molecule has 0 N–H and O–H groups in total. The Morgan fingerprint density at radius 3 is 1.87 bits per heavy atom. The zero-order valence-corrected chi connectivity index (χ0v) is 37.1. The van der Waals surface area contributed by atoms with Gasteiger partial charge in [0, 0.05) is 44.5 Å². The highest BCUT2D eigenvalue weighted by atomic mass is 16.3. The summed E-state index contributed by atoms with van der Waals surface area (Å²) in [7, 11) is 0. The summed E-state index contributed by atoms with van der Waals surface area (Å²) < 4.78 is 14.0. The second-order valence-corrected chi connectivity index (χ2v) is 21.3. The molecule has 300 valence electrons. The molecule has 4 nitrogen and oxygen atoms in total. The van der Waals surface area contributed by atoms with Crippen LogP contribution in [-0.2, 0) is 21.7 Å². The van der Waals surface area contributed by atoms with Gasteiger partial charge in [-0.05, 0) is 135 Å². The van der Waals surface area contributed by atoms with Crippen molar-refractivity contribution < 1.29 is 8.83 Å². The Morgan fingerprint density at radius 2 is 1.20 bits per heavy atom. The number of rotatable bonds is 2. The van der Waals surface area contributed by atoms with Gasteiger partial charge in [0.1, 0.15) is 22.4 Å². The maximum Gasteiger partial charge on any atom is 0.375 e. The van der Waals surface area contributed by atoms with Crippen molar-refractivity contribution in [2.75, 3.05) is 9.71 Å². The molecule has 2 aromatic heterocycles. The van der Waals surface area contributed by atoms with E-state index in [1.165, 1.54) is 62.2 Å². The summed E-state index contributed by atoms with van der Waals surface area (Å²) in [5.74, 6) is 0. The van der Waals surface area contributed by atoms with Crippen molar-refractivity contribution >= 4 is 79.3 Å². The Hall–Kier alpha value is -5.68. The van der Waals surface area contributed by atoms with Crippen molar-refractivity contribution in [1.29, 1.82) is 0 Å². The van der Waals surface area contributed by atoms with Gasteiger partial charge < -0.3 is 18.5 Å². The van der Waals surface area contributed by atoms with Crippen LogP contribution >= 0.6 is 0 Å². The lowest BCUT2D eigenvalue weighted by Crippen LogP contribution is -2.61. The average Bonchev–Trinajstić information content (AvgIpc) is 3.78. The lowest BCUT2D eigenvalue weighted by atomic mass is 9.45. The zero-order valence-electron chi connectivity index (χ0n) is 37.1. The average molecular weight is 787 g/mol. The topological polar surface area (TPSA) is 32.8 Å². The number of nitrogens with zero attached hydrogens (tertiary/aromatic N) is 2. The van der Waals surface area contributed by atoms with Gasteiger partial charge in [-0.25, -0.2) is 0 Å². The van der Waals surface area contributed by atoms with E-state index in [9.17, 15) is 0 Å². The first-order valence-electron chi connectivity index (χ1n) is 21.9. The van der Waals surface area contributed by atoms with Crippen LogP contribution in [0.5, 0.6) is 0 Å². The third-order valence-corrected chi connectivity index (χ3v) is 14.3. The van der Waals surface area contributed by atoms with E-state index in [4.69, 9.17) is 8.83 Å². The first-order chi connectivity index (χ1) is 28.4. The predicted octanol–water partition coefficient (Wildman–Crippen LogP) is 14.3. The van der Waals surface area contributed by atoms with Gasteiger partial charge in [-0.2, -0.15) is 0 Å². The largest absolute Gasteiger partial charge is 0.466 e. The fourth-order valence-electron chi connectivity index (χ4n) is 10.7. The van der Waals surface area contributed by atoms with Crippen LogP contribution in [-0.4, -0.2) is 6.85 Å². The lowest BCUT2D eigenvalue weighted by Gasteiger charge is -2.46. The molecule has 0 spiro atoms. The summed E-state index contributed by atoms with van der Waals surface area (Å²) in [4.78, 5) is 5.16. The molecule has 0 atom stereocenters. The van der Waals surface area contributed by atoms with E-state index in [0.717, 1.165) is 62.1 Å². The fourth-order valence-corrected chi connectivity index (χ4v) is 10.7. The molecule has 6 aromatic carbocycles. The van der Waals surface area contributed by atoms with Crippen molar-refractivity contribution in [2.24, 2.45) is 0 Å². The molecule has 1 aliphatic carbocycles. The summed E-state index contributed by atoms with van der Waals surface area (Å²) >= 11 is 0. The molecule has 0 saturated carbocycles. The van der Waals surface area contributed by atoms with E-state index >= 15 is 0 Å². The van der Waals surface area contributed by atoms with E-state index in [1.807, 2.05) is 0 Å². The SMILES string of the molecule is Cc1cc2c(cc1N1c3cc(C(C)(C)C)cc4c3B(c3oc5ccccc5c31)N(c1ccc(C(C)(C)C)cc1)c1ccc3oc5ccccc5c3c1-4)C(C)(C)CCC2(C)C. The van der Waals surface area contributed by atoms with E-state index in [0.29, 0.717) is 0 Å². The van der Waals surface area contributed by atoms with Gasteiger partial charge in [-0.3, -0.25) is 0 Å². The quantitative estimate of drug-likeness (QED) is 0.163. The van der Waals surface area contributed by atoms with Crippen molar-refractivity contribution in [2.45, 2.75) is 111 Å². The van der Waals surface area contributed by atoms with Crippen LogP contribution in [0.4, 0.5) is 28.4 Å². The lowest BCUT2D eigenvalue weighted by molar-refractivity contribution is 0.332. The molecule has 3 aliphatic rings. The molecule has 11 rings (SSSR count). The summed E-state index contributed by atoms with van der Waals surface area (Å²) in [6.07, 6.45) is 2.33. The van der Waals surface area contributed by atoms with E-state index < -0.39 is 0 Å². The Bertz CT molecular complexity index is 3090. The summed E-state index contributed by atoms with van der Waals surface area (Å²) in [5.41, 5.74) is 20.1. The number of aryl methyl sites for hydroxylation is 1. The molecule has 0 radical (unpaired) electrons. The van der Waals surface area contributed by atoms with Gasteiger partial charge in [-0.15, -0.1) is 0 Å². The second-order valence-electron chi connectivity index (χ2n) is 21.3. The smallest absolute Gasteiger partial charge is 0.375 e. The van der Waals surface area contributed by atoms with Crippen molar-refractivity contribution in [3.63, 3.8) is 0 Å². The molecular formula is C55H55BN2O2.